The molecule has 0 unspecified atom stereocenters. The Morgan fingerprint density at radius 3 is 2.14 bits per heavy atom. The second-order valence-corrected chi connectivity index (χ2v) is 16.6. The number of aromatic amines is 2. The number of alkyl halides is 2. The van der Waals surface area contributed by atoms with Crippen LogP contribution in [0.2, 0.25) is 0 Å². The summed E-state index contributed by atoms with van der Waals surface area (Å²) in [7, 11) is -11.7. The van der Waals surface area contributed by atoms with Crippen LogP contribution in [-0.2, 0) is 29.9 Å². The van der Waals surface area contributed by atoms with Gasteiger partial charge in [0.15, 0.2) is 21.3 Å². The van der Waals surface area contributed by atoms with E-state index < -0.39 is 53.6 Å². The zero-order chi connectivity index (χ0) is 36.2. The van der Waals surface area contributed by atoms with Gasteiger partial charge in [-0.25, -0.2) is 39.0 Å². The maximum Gasteiger partial charge on any atom is 0.586 e. The summed E-state index contributed by atoms with van der Waals surface area (Å²) in [4.78, 5) is 9.27. The molecule has 4 N–H and O–H groups in total. The van der Waals surface area contributed by atoms with Crippen LogP contribution in [0.4, 0.5) is 28.9 Å². The molecule has 0 radical (unpaired) electrons. The molecule has 0 amide bonds. The topological polar surface area (TPSA) is 189 Å². The number of pyridine rings is 1. The Bertz CT molecular complexity index is 2650. The van der Waals surface area contributed by atoms with Gasteiger partial charge >= 0.3 is 6.29 Å². The first kappa shape index (κ1) is 35.0. The summed E-state index contributed by atoms with van der Waals surface area (Å²) < 4.78 is 140. The standard InChI is InChI=1S/C16H12F2N2O6S2.C13H8BrF2N3O2S/c1-27(21,22)9-5-6-10-12(7-9)19-8-14(10)28(23,24)20-11-3-2-4-13-15(11)26-16(17,18)25-13;14-12-4-2-8-11(6-17-13(8)18-12)22(20,21)19-10-3-1-7(15)5-9(10)16/h2-8,19-20H,1H3;1-6,19H,(H,17,18). The molecule has 0 saturated heterocycles. The number of benzene rings is 3. The number of nitrogens with one attached hydrogen (secondary N) is 4. The Labute approximate surface area is 288 Å². The zero-order valence-electron chi connectivity index (χ0n) is 24.8. The summed E-state index contributed by atoms with van der Waals surface area (Å²) in [5.41, 5.74) is 0.0969. The minimum Gasteiger partial charge on any atom is -0.395 e. The number of para-hydroxylation sites is 1. The van der Waals surface area contributed by atoms with Gasteiger partial charge in [0.2, 0.25) is 0 Å². The fourth-order valence-electron chi connectivity index (χ4n) is 4.73. The van der Waals surface area contributed by atoms with Crippen molar-refractivity contribution in [3.05, 3.63) is 95.4 Å². The van der Waals surface area contributed by atoms with Crippen LogP contribution in [-0.4, -0.2) is 52.8 Å². The lowest BCUT2D eigenvalue weighted by atomic mass is 10.2. The molecule has 21 heteroatoms. The lowest BCUT2D eigenvalue weighted by Gasteiger charge is -2.10. The van der Waals surface area contributed by atoms with E-state index in [9.17, 15) is 42.8 Å². The maximum atomic E-state index is 13.6. The van der Waals surface area contributed by atoms with Crippen LogP contribution < -0.4 is 18.9 Å². The molecular weight excluding hydrogens is 798 g/mol. The van der Waals surface area contributed by atoms with E-state index in [0.29, 0.717) is 21.7 Å². The highest BCUT2D eigenvalue weighted by Crippen LogP contribution is 2.46. The van der Waals surface area contributed by atoms with Crippen molar-refractivity contribution in [2.75, 3.05) is 15.7 Å². The average molecular weight is 819 g/mol. The molecule has 262 valence electrons. The van der Waals surface area contributed by atoms with Gasteiger partial charge in [-0.05, 0) is 64.5 Å². The normalized spacial score (nSPS) is 14.0. The van der Waals surface area contributed by atoms with Crippen molar-refractivity contribution in [1.29, 1.82) is 0 Å². The zero-order valence-corrected chi connectivity index (χ0v) is 28.9. The summed E-state index contributed by atoms with van der Waals surface area (Å²) in [6.07, 6.45) is -0.432. The van der Waals surface area contributed by atoms with E-state index >= 15 is 0 Å². The van der Waals surface area contributed by atoms with Gasteiger partial charge in [-0.3, -0.25) is 9.44 Å². The first-order valence-electron chi connectivity index (χ1n) is 13.7. The van der Waals surface area contributed by atoms with Crippen molar-refractivity contribution in [3.8, 4) is 11.5 Å². The minimum atomic E-state index is -4.21. The predicted octanol–water partition coefficient (Wildman–Crippen LogP) is 6.10. The number of rotatable bonds is 7. The maximum absolute atomic E-state index is 13.6. The van der Waals surface area contributed by atoms with E-state index in [-0.39, 0.29) is 42.7 Å². The largest absolute Gasteiger partial charge is 0.586 e. The van der Waals surface area contributed by atoms with Crippen LogP contribution in [0.3, 0.4) is 0 Å². The summed E-state index contributed by atoms with van der Waals surface area (Å²) in [5.74, 6) is -2.52. The number of fused-ring (bicyclic) bond motifs is 3. The molecule has 0 bridgehead atoms. The van der Waals surface area contributed by atoms with E-state index in [1.54, 1.807) is 12.1 Å². The number of nitrogens with zero attached hydrogens (tertiary/aromatic N) is 1. The fraction of sp³-hybridized carbons (Fsp3) is 0.0690. The van der Waals surface area contributed by atoms with Crippen LogP contribution in [0.25, 0.3) is 21.9 Å². The number of sulfone groups is 1. The smallest absolute Gasteiger partial charge is 0.395 e. The Balaban J connectivity index is 0.000000178. The molecular formula is C29H20BrF4N5O8S3. The third-order valence-corrected chi connectivity index (χ3v) is 11.3. The molecule has 7 rings (SSSR count). The molecule has 0 fully saturated rings. The van der Waals surface area contributed by atoms with Gasteiger partial charge in [-0.15, -0.1) is 8.78 Å². The molecule has 3 aromatic heterocycles. The van der Waals surface area contributed by atoms with Crippen molar-refractivity contribution < 1.29 is 52.3 Å². The number of hydrogen-bond donors (Lipinski definition) is 4. The van der Waals surface area contributed by atoms with Crippen molar-refractivity contribution in [1.82, 2.24) is 15.0 Å². The number of ether oxygens (including phenoxy) is 2. The van der Waals surface area contributed by atoms with Gasteiger partial charge in [0.25, 0.3) is 20.0 Å². The third kappa shape index (κ3) is 7.06. The average Bonchev–Trinajstić information content (AvgIpc) is 3.72. The molecule has 1 aliphatic rings. The lowest BCUT2D eigenvalue weighted by Crippen LogP contribution is -2.26. The molecule has 6 aromatic rings. The lowest BCUT2D eigenvalue weighted by molar-refractivity contribution is -0.286. The number of halogens is 5. The van der Waals surface area contributed by atoms with E-state index in [4.69, 9.17) is 0 Å². The molecule has 0 saturated carbocycles. The van der Waals surface area contributed by atoms with Crippen molar-refractivity contribution >= 4 is 79.1 Å². The molecule has 4 heterocycles. The van der Waals surface area contributed by atoms with Gasteiger partial charge in [0.1, 0.15) is 31.7 Å². The minimum absolute atomic E-state index is 0.0208. The van der Waals surface area contributed by atoms with E-state index in [2.05, 4.69) is 49.8 Å². The molecule has 50 heavy (non-hydrogen) atoms. The Morgan fingerprint density at radius 2 is 1.44 bits per heavy atom. The summed E-state index contributed by atoms with van der Waals surface area (Å²) in [6.45, 7) is 0. The highest BCUT2D eigenvalue weighted by Gasteiger charge is 2.45. The highest BCUT2D eigenvalue weighted by atomic mass is 79.9. The van der Waals surface area contributed by atoms with Gasteiger partial charge in [0.05, 0.1) is 16.3 Å². The number of aromatic nitrogens is 3. The van der Waals surface area contributed by atoms with Gasteiger partial charge in [0, 0.05) is 41.0 Å². The Morgan fingerprint density at radius 1 is 0.780 bits per heavy atom. The second kappa shape index (κ2) is 12.5. The van der Waals surface area contributed by atoms with Crippen LogP contribution in [0, 0.1) is 11.6 Å². The van der Waals surface area contributed by atoms with Crippen LogP contribution in [0.1, 0.15) is 0 Å². The van der Waals surface area contributed by atoms with Crippen molar-refractivity contribution in [2.24, 2.45) is 0 Å². The number of anilines is 2. The van der Waals surface area contributed by atoms with Crippen LogP contribution >= 0.6 is 15.9 Å². The third-order valence-electron chi connectivity index (χ3n) is 6.94. The monoisotopic (exact) mass is 817 g/mol. The van der Waals surface area contributed by atoms with Gasteiger partial charge < -0.3 is 19.4 Å². The molecule has 1 aliphatic heterocycles. The quantitative estimate of drug-likeness (QED) is 0.109. The molecule has 0 spiro atoms. The molecule has 13 nitrogen and oxygen atoms in total. The summed E-state index contributed by atoms with van der Waals surface area (Å²) in [5, 5.41) is 0.591. The SMILES string of the molecule is CS(=O)(=O)c1ccc2c(S(=O)(=O)Nc3cccc4c3OC(F)(F)O4)c[nH]c2c1.O=S(=O)(Nc1ccc(F)cc1F)c1c[nH]c2nc(Br)ccc12. The number of H-pyrrole nitrogens is 2. The van der Waals surface area contributed by atoms with Crippen LogP contribution in [0.15, 0.2) is 98.4 Å². The predicted molar refractivity (Wildman–Crippen MR) is 176 cm³/mol. The second-order valence-electron chi connectivity index (χ2n) is 10.5. The first-order valence-corrected chi connectivity index (χ1v) is 19.3. The first-order chi connectivity index (χ1) is 23.3. The van der Waals surface area contributed by atoms with E-state index in [0.717, 1.165) is 18.4 Å². The van der Waals surface area contributed by atoms with Crippen LogP contribution in [0.5, 0.6) is 11.5 Å². The van der Waals surface area contributed by atoms with E-state index in [1.807, 2.05) is 0 Å². The molecule has 3 aromatic carbocycles. The Hall–Kier alpha value is -4.86. The highest BCUT2D eigenvalue weighted by molar-refractivity contribution is 9.10. The van der Waals surface area contributed by atoms with Gasteiger partial charge in [-0.2, -0.15) is 0 Å². The van der Waals surface area contributed by atoms with Crippen molar-refractivity contribution in [3.63, 3.8) is 0 Å². The van der Waals surface area contributed by atoms with E-state index in [1.165, 1.54) is 48.8 Å². The number of sulfonamides is 2. The van der Waals surface area contributed by atoms with Crippen molar-refractivity contribution in [2.45, 2.75) is 21.0 Å². The molecule has 0 atom stereocenters. The molecule has 0 aliphatic carbocycles. The number of hydrogen-bond acceptors (Lipinski definition) is 9. The summed E-state index contributed by atoms with van der Waals surface area (Å²) in [6, 6.07) is 13.5. The fourth-order valence-corrected chi connectivity index (χ4v) is 8.16. The summed E-state index contributed by atoms with van der Waals surface area (Å²) >= 11 is 3.18. The Kier molecular flexibility index (Phi) is 8.73. The van der Waals surface area contributed by atoms with Gasteiger partial charge in [-0.1, -0.05) is 12.1 Å².